The van der Waals surface area contributed by atoms with Crippen LogP contribution in [0.2, 0.25) is 0 Å². The molecule has 0 saturated carbocycles. The molecular formula is C18H17N3O4. The van der Waals surface area contributed by atoms with Crippen LogP contribution in [0.4, 0.5) is 21.9 Å². The van der Waals surface area contributed by atoms with Crippen molar-refractivity contribution in [2.45, 2.75) is 0 Å². The molecule has 25 heavy (non-hydrogen) atoms. The van der Waals surface area contributed by atoms with E-state index in [0.29, 0.717) is 28.1 Å². The number of anilines is 3. The van der Waals surface area contributed by atoms with Gasteiger partial charge in [0.25, 0.3) is 0 Å². The molecule has 3 rings (SSSR count). The Kier molecular flexibility index (Phi) is 4.56. The van der Waals surface area contributed by atoms with Crippen molar-refractivity contribution < 1.29 is 13.9 Å². The van der Waals surface area contributed by atoms with Gasteiger partial charge in [0.15, 0.2) is 5.69 Å². The van der Waals surface area contributed by atoms with Crippen LogP contribution < -0.4 is 26.3 Å². The highest BCUT2D eigenvalue weighted by atomic mass is 16.5. The van der Waals surface area contributed by atoms with Gasteiger partial charge in [-0.3, -0.25) is 5.32 Å². The Morgan fingerprint density at radius 1 is 1.00 bits per heavy atom. The lowest BCUT2D eigenvalue weighted by atomic mass is 10.2. The van der Waals surface area contributed by atoms with Crippen molar-refractivity contribution in [3.8, 4) is 5.75 Å². The van der Waals surface area contributed by atoms with Crippen molar-refractivity contribution >= 4 is 34.1 Å². The molecule has 1 heterocycles. The molecule has 2 amide bonds. The van der Waals surface area contributed by atoms with E-state index in [9.17, 15) is 9.59 Å². The van der Waals surface area contributed by atoms with Crippen molar-refractivity contribution in [3.63, 3.8) is 0 Å². The van der Waals surface area contributed by atoms with Gasteiger partial charge >= 0.3 is 11.7 Å². The van der Waals surface area contributed by atoms with E-state index in [1.54, 1.807) is 49.5 Å². The molecule has 0 aliphatic carbocycles. The zero-order valence-electron chi connectivity index (χ0n) is 13.8. The average Bonchev–Trinajstić information content (AvgIpc) is 2.62. The van der Waals surface area contributed by atoms with Gasteiger partial charge in [-0.1, -0.05) is 24.3 Å². The number of methoxy groups -OCH3 is 1. The van der Waals surface area contributed by atoms with E-state index in [-0.39, 0.29) is 5.69 Å². The molecular weight excluding hydrogens is 322 g/mol. The van der Waals surface area contributed by atoms with Crippen LogP contribution in [0.25, 0.3) is 11.0 Å². The summed E-state index contributed by atoms with van der Waals surface area (Å²) in [5.74, 6) is 0.511. The molecule has 0 atom stereocenters. The molecule has 0 bridgehead atoms. The summed E-state index contributed by atoms with van der Waals surface area (Å²) in [6.07, 6.45) is 0. The number of carbonyl (C=O) groups excluding carboxylic acids is 1. The summed E-state index contributed by atoms with van der Waals surface area (Å²) in [6.45, 7) is 0. The molecule has 7 heteroatoms. The van der Waals surface area contributed by atoms with Crippen molar-refractivity contribution in [3.05, 3.63) is 59.0 Å². The Morgan fingerprint density at radius 3 is 2.48 bits per heavy atom. The molecule has 0 unspecified atom stereocenters. The van der Waals surface area contributed by atoms with E-state index in [1.807, 2.05) is 6.07 Å². The van der Waals surface area contributed by atoms with Gasteiger partial charge in [-0.25, -0.2) is 9.59 Å². The zero-order valence-corrected chi connectivity index (χ0v) is 13.8. The predicted molar refractivity (Wildman–Crippen MR) is 97.7 cm³/mol. The molecule has 0 radical (unpaired) electrons. The fraction of sp³-hybridized carbons (Fsp3) is 0.111. The minimum absolute atomic E-state index is 0.0357. The summed E-state index contributed by atoms with van der Waals surface area (Å²) in [7, 11) is 3.18. The molecule has 7 nitrogen and oxygen atoms in total. The van der Waals surface area contributed by atoms with Crippen molar-refractivity contribution in [1.82, 2.24) is 0 Å². The highest BCUT2D eigenvalue weighted by molar-refractivity contribution is 6.06. The molecule has 2 aromatic carbocycles. The Balaban J connectivity index is 1.93. The minimum atomic E-state index is -0.641. The van der Waals surface area contributed by atoms with Gasteiger partial charge in [-0.2, -0.15) is 0 Å². The molecule has 3 N–H and O–H groups in total. The minimum Gasteiger partial charge on any atom is -0.495 e. The van der Waals surface area contributed by atoms with Gasteiger partial charge in [-0.15, -0.1) is 0 Å². The Morgan fingerprint density at radius 2 is 1.72 bits per heavy atom. The van der Waals surface area contributed by atoms with Crippen LogP contribution in [-0.4, -0.2) is 20.2 Å². The van der Waals surface area contributed by atoms with E-state index in [0.717, 1.165) is 0 Å². The second-order valence-corrected chi connectivity index (χ2v) is 5.17. The van der Waals surface area contributed by atoms with Gasteiger partial charge in [0.2, 0.25) is 0 Å². The summed E-state index contributed by atoms with van der Waals surface area (Å²) >= 11 is 0. The van der Waals surface area contributed by atoms with Crippen molar-refractivity contribution in [2.24, 2.45) is 0 Å². The highest BCUT2D eigenvalue weighted by Gasteiger charge is 2.16. The maximum absolute atomic E-state index is 12.3. The number of amides is 2. The van der Waals surface area contributed by atoms with Gasteiger partial charge in [0.1, 0.15) is 11.3 Å². The first-order chi connectivity index (χ1) is 12.1. The van der Waals surface area contributed by atoms with Gasteiger partial charge < -0.3 is 19.8 Å². The molecule has 0 saturated heterocycles. The van der Waals surface area contributed by atoms with Crippen LogP contribution in [0.15, 0.2) is 57.7 Å². The standard InChI is InChI=1S/C18H17N3O4/c1-19-15-11-7-3-5-9-13(11)25-17(22)16(15)21-18(23)20-12-8-4-6-10-14(12)24-2/h3-10,19H,1-2H3,(H2,20,21,23). The number of carbonyl (C=O) groups is 1. The van der Waals surface area contributed by atoms with Crippen LogP contribution in [0.1, 0.15) is 0 Å². The summed E-state index contributed by atoms with van der Waals surface area (Å²) in [4.78, 5) is 24.6. The van der Waals surface area contributed by atoms with E-state index < -0.39 is 11.7 Å². The van der Waals surface area contributed by atoms with E-state index in [2.05, 4.69) is 16.0 Å². The number of para-hydroxylation sites is 3. The maximum Gasteiger partial charge on any atom is 0.362 e. The first-order valence-electron chi connectivity index (χ1n) is 7.58. The first-order valence-corrected chi connectivity index (χ1v) is 7.58. The van der Waals surface area contributed by atoms with E-state index >= 15 is 0 Å². The second kappa shape index (κ2) is 6.96. The summed E-state index contributed by atoms with van der Waals surface area (Å²) in [5.41, 5.74) is 0.806. The van der Waals surface area contributed by atoms with Crippen LogP contribution in [0.5, 0.6) is 5.75 Å². The largest absolute Gasteiger partial charge is 0.495 e. The molecule has 128 valence electrons. The number of ether oxygens (including phenoxy) is 1. The number of benzene rings is 2. The van der Waals surface area contributed by atoms with Gasteiger partial charge in [0, 0.05) is 12.4 Å². The zero-order chi connectivity index (χ0) is 17.8. The van der Waals surface area contributed by atoms with E-state index in [1.165, 1.54) is 7.11 Å². The van der Waals surface area contributed by atoms with Gasteiger partial charge in [0.05, 0.1) is 18.5 Å². The maximum atomic E-state index is 12.3. The lowest BCUT2D eigenvalue weighted by molar-refractivity contribution is 0.262. The first kappa shape index (κ1) is 16.4. The Labute approximate surface area is 143 Å². The molecule has 0 fully saturated rings. The molecule has 3 aromatic rings. The predicted octanol–water partition coefficient (Wildman–Crippen LogP) is 3.49. The Bertz CT molecular complexity index is 981. The van der Waals surface area contributed by atoms with E-state index in [4.69, 9.17) is 9.15 Å². The summed E-state index contributed by atoms with van der Waals surface area (Å²) in [6, 6.07) is 13.5. The van der Waals surface area contributed by atoms with Crippen molar-refractivity contribution in [2.75, 3.05) is 30.1 Å². The lowest BCUT2D eigenvalue weighted by Gasteiger charge is -2.13. The number of rotatable bonds is 4. The Hall–Kier alpha value is -3.48. The summed E-state index contributed by atoms with van der Waals surface area (Å²) in [5, 5.41) is 8.84. The normalized spacial score (nSPS) is 10.3. The summed E-state index contributed by atoms with van der Waals surface area (Å²) < 4.78 is 10.5. The fourth-order valence-corrected chi connectivity index (χ4v) is 2.54. The highest BCUT2D eigenvalue weighted by Crippen LogP contribution is 2.28. The van der Waals surface area contributed by atoms with Crippen LogP contribution in [0.3, 0.4) is 0 Å². The average molecular weight is 339 g/mol. The smallest absolute Gasteiger partial charge is 0.362 e. The van der Waals surface area contributed by atoms with Crippen LogP contribution >= 0.6 is 0 Å². The molecule has 0 aliphatic heterocycles. The SMILES string of the molecule is CNc1c(NC(=O)Nc2ccccc2OC)c(=O)oc2ccccc12. The fourth-order valence-electron chi connectivity index (χ4n) is 2.54. The monoisotopic (exact) mass is 339 g/mol. The number of nitrogens with one attached hydrogen (secondary N) is 3. The third kappa shape index (κ3) is 3.25. The molecule has 0 aliphatic rings. The number of fused-ring (bicyclic) bond motifs is 1. The topological polar surface area (TPSA) is 92.6 Å². The van der Waals surface area contributed by atoms with Crippen molar-refractivity contribution in [1.29, 1.82) is 0 Å². The molecule has 1 aromatic heterocycles. The number of hydrogen-bond donors (Lipinski definition) is 3. The quantitative estimate of drug-likeness (QED) is 0.633. The number of hydrogen-bond acceptors (Lipinski definition) is 5. The second-order valence-electron chi connectivity index (χ2n) is 5.17. The van der Waals surface area contributed by atoms with Gasteiger partial charge in [-0.05, 0) is 24.3 Å². The third-order valence-electron chi connectivity index (χ3n) is 3.66. The lowest BCUT2D eigenvalue weighted by Crippen LogP contribution is -2.24. The third-order valence-corrected chi connectivity index (χ3v) is 3.66. The van der Waals surface area contributed by atoms with Crippen LogP contribution in [0, 0.1) is 0 Å². The molecule has 0 spiro atoms. The number of urea groups is 1. The van der Waals surface area contributed by atoms with Crippen LogP contribution in [-0.2, 0) is 0 Å².